The number of carbonyl (C=O) groups excluding carboxylic acids is 2. The van der Waals surface area contributed by atoms with Crippen LogP contribution in [0.2, 0.25) is 0 Å². The average Bonchev–Trinajstić information content (AvgIpc) is 2.77. The number of amides is 2. The van der Waals surface area contributed by atoms with Crippen molar-refractivity contribution >= 4 is 33.2 Å². The van der Waals surface area contributed by atoms with Crippen LogP contribution < -0.4 is 14.9 Å². The molecule has 160 valence electrons. The summed E-state index contributed by atoms with van der Waals surface area (Å²) in [5.41, 5.74) is 1.93. The maximum Gasteiger partial charge on any atom is 0.253 e. The predicted molar refractivity (Wildman–Crippen MR) is 121 cm³/mol. The first-order chi connectivity index (χ1) is 14.8. The molecule has 0 heterocycles. The number of para-hydroxylation sites is 2. The molecule has 0 aliphatic rings. The van der Waals surface area contributed by atoms with Crippen molar-refractivity contribution in [2.45, 2.75) is 6.54 Å². The van der Waals surface area contributed by atoms with Gasteiger partial charge in [0, 0.05) is 6.54 Å². The number of sulfonamides is 1. The van der Waals surface area contributed by atoms with Gasteiger partial charge in [0.25, 0.3) is 5.91 Å². The molecule has 8 heteroatoms. The van der Waals surface area contributed by atoms with Gasteiger partial charge >= 0.3 is 0 Å². The summed E-state index contributed by atoms with van der Waals surface area (Å²) in [5.74, 6) is -0.902. The van der Waals surface area contributed by atoms with Gasteiger partial charge in [0.15, 0.2) is 0 Å². The highest BCUT2D eigenvalue weighted by Crippen LogP contribution is 2.18. The highest BCUT2D eigenvalue weighted by Gasteiger charge is 2.21. The quantitative estimate of drug-likeness (QED) is 0.566. The molecule has 3 aromatic rings. The van der Waals surface area contributed by atoms with Crippen molar-refractivity contribution in [3.8, 4) is 0 Å². The van der Waals surface area contributed by atoms with E-state index >= 15 is 0 Å². The number of carbonyl (C=O) groups is 2. The summed E-state index contributed by atoms with van der Waals surface area (Å²) in [6.07, 6.45) is 1.04. The summed E-state index contributed by atoms with van der Waals surface area (Å²) in [6, 6.07) is 24.4. The van der Waals surface area contributed by atoms with Crippen molar-refractivity contribution in [1.82, 2.24) is 5.32 Å². The van der Waals surface area contributed by atoms with Crippen LogP contribution in [-0.2, 0) is 21.4 Å². The second-order valence-electron chi connectivity index (χ2n) is 6.87. The molecule has 3 aromatic carbocycles. The number of hydrogen-bond donors (Lipinski definition) is 2. The van der Waals surface area contributed by atoms with Gasteiger partial charge in [0.2, 0.25) is 15.9 Å². The van der Waals surface area contributed by atoms with Crippen LogP contribution in [0.25, 0.3) is 0 Å². The molecule has 0 atom stereocenters. The van der Waals surface area contributed by atoms with Gasteiger partial charge in [0.1, 0.15) is 6.54 Å². The lowest BCUT2D eigenvalue weighted by Crippen LogP contribution is -2.37. The van der Waals surface area contributed by atoms with E-state index in [2.05, 4.69) is 10.6 Å². The van der Waals surface area contributed by atoms with Crippen LogP contribution >= 0.6 is 0 Å². The third-order valence-electron chi connectivity index (χ3n) is 4.47. The third kappa shape index (κ3) is 6.16. The first kappa shape index (κ1) is 22.0. The van der Waals surface area contributed by atoms with Crippen molar-refractivity contribution in [2.24, 2.45) is 0 Å². The molecule has 0 fully saturated rings. The largest absolute Gasteiger partial charge is 0.348 e. The van der Waals surface area contributed by atoms with Gasteiger partial charge < -0.3 is 10.6 Å². The summed E-state index contributed by atoms with van der Waals surface area (Å²) < 4.78 is 25.4. The SMILES string of the molecule is CS(=O)(=O)N(CC(=O)Nc1ccccc1C(=O)NCc1ccccc1)c1ccccc1. The van der Waals surface area contributed by atoms with Crippen LogP contribution in [0, 0.1) is 0 Å². The molecule has 31 heavy (non-hydrogen) atoms. The fourth-order valence-electron chi connectivity index (χ4n) is 2.98. The molecule has 2 N–H and O–H groups in total. The Labute approximate surface area is 181 Å². The Hall–Kier alpha value is -3.65. The molecule has 0 aromatic heterocycles. The molecule has 2 amide bonds. The fourth-order valence-corrected chi connectivity index (χ4v) is 3.83. The van der Waals surface area contributed by atoms with Crippen LogP contribution in [0.1, 0.15) is 15.9 Å². The summed E-state index contributed by atoms with van der Waals surface area (Å²) in [7, 11) is -3.68. The summed E-state index contributed by atoms with van der Waals surface area (Å²) in [6.45, 7) is -0.0688. The summed E-state index contributed by atoms with van der Waals surface area (Å²) in [5, 5.41) is 5.48. The Balaban J connectivity index is 1.72. The van der Waals surface area contributed by atoms with E-state index in [9.17, 15) is 18.0 Å². The predicted octanol–water partition coefficient (Wildman–Crippen LogP) is 3.02. The van der Waals surface area contributed by atoms with Crippen molar-refractivity contribution in [3.05, 3.63) is 96.1 Å². The monoisotopic (exact) mass is 437 g/mol. The topological polar surface area (TPSA) is 95.6 Å². The van der Waals surface area contributed by atoms with Crippen molar-refractivity contribution in [2.75, 3.05) is 22.4 Å². The highest BCUT2D eigenvalue weighted by atomic mass is 32.2. The lowest BCUT2D eigenvalue weighted by Gasteiger charge is -2.22. The molecule has 0 unspecified atom stereocenters. The highest BCUT2D eigenvalue weighted by molar-refractivity contribution is 7.92. The smallest absolute Gasteiger partial charge is 0.253 e. The van der Waals surface area contributed by atoms with E-state index in [-0.39, 0.29) is 11.5 Å². The summed E-state index contributed by atoms with van der Waals surface area (Å²) in [4.78, 5) is 25.3. The molecule has 0 bridgehead atoms. The zero-order valence-corrected chi connectivity index (χ0v) is 17.8. The molecule has 0 radical (unpaired) electrons. The van der Waals surface area contributed by atoms with E-state index in [1.165, 1.54) is 0 Å². The van der Waals surface area contributed by atoms with E-state index < -0.39 is 22.5 Å². The van der Waals surface area contributed by atoms with Gasteiger partial charge in [-0.1, -0.05) is 60.7 Å². The molecule has 0 spiro atoms. The number of hydrogen-bond acceptors (Lipinski definition) is 4. The number of anilines is 2. The molecular formula is C23H23N3O4S. The molecule has 0 aliphatic carbocycles. The Kier molecular flexibility index (Phi) is 7.04. The molecule has 0 saturated heterocycles. The minimum Gasteiger partial charge on any atom is -0.348 e. The van der Waals surface area contributed by atoms with Crippen molar-refractivity contribution in [1.29, 1.82) is 0 Å². The standard InChI is InChI=1S/C23H23N3O4S/c1-31(29,30)26(19-12-6-3-7-13-19)17-22(27)25-21-15-9-8-14-20(21)23(28)24-16-18-10-4-2-5-11-18/h2-15H,16-17H2,1H3,(H,24,28)(H,25,27). The Morgan fingerprint density at radius 3 is 2.06 bits per heavy atom. The lowest BCUT2D eigenvalue weighted by atomic mass is 10.1. The van der Waals surface area contributed by atoms with Gasteiger partial charge in [-0.05, 0) is 29.8 Å². The number of benzene rings is 3. The van der Waals surface area contributed by atoms with Crippen LogP contribution in [-0.4, -0.2) is 33.0 Å². The van der Waals surface area contributed by atoms with E-state index in [4.69, 9.17) is 0 Å². The molecule has 0 saturated carbocycles. The second kappa shape index (κ2) is 9.90. The molecule has 0 aliphatic heterocycles. The van der Waals surface area contributed by atoms with E-state index in [0.717, 1.165) is 16.1 Å². The number of rotatable bonds is 8. The maximum atomic E-state index is 12.7. The first-order valence-corrected chi connectivity index (χ1v) is 11.4. The Morgan fingerprint density at radius 1 is 0.839 bits per heavy atom. The number of nitrogens with one attached hydrogen (secondary N) is 2. The van der Waals surface area contributed by atoms with Crippen LogP contribution in [0.5, 0.6) is 0 Å². The average molecular weight is 438 g/mol. The van der Waals surface area contributed by atoms with Crippen LogP contribution in [0.15, 0.2) is 84.9 Å². The van der Waals surface area contributed by atoms with Gasteiger partial charge in [-0.15, -0.1) is 0 Å². The molecular weight excluding hydrogens is 414 g/mol. The van der Waals surface area contributed by atoms with Crippen LogP contribution in [0.3, 0.4) is 0 Å². The fraction of sp³-hybridized carbons (Fsp3) is 0.130. The molecule has 7 nitrogen and oxygen atoms in total. The summed E-state index contributed by atoms with van der Waals surface area (Å²) >= 11 is 0. The van der Waals surface area contributed by atoms with Gasteiger partial charge in [-0.25, -0.2) is 8.42 Å². The minimum absolute atomic E-state index is 0.289. The zero-order chi connectivity index (χ0) is 22.3. The second-order valence-corrected chi connectivity index (χ2v) is 8.77. The Morgan fingerprint density at radius 2 is 1.42 bits per heavy atom. The minimum atomic E-state index is -3.68. The molecule has 3 rings (SSSR count). The van der Waals surface area contributed by atoms with Gasteiger partial charge in [-0.3, -0.25) is 13.9 Å². The zero-order valence-electron chi connectivity index (χ0n) is 17.0. The normalized spacial score (nSPS) is 10.9. The Bertz CT molecular complexity index is 1150. The third-order valence-corrected chi connectivity index (χ3v) is 5.61. The lowest BCUT2D eigenvalue weighted by molar-refractivity contribution is -0.114. The van der Waals surface area contributed by atoms with E-state index in [1.54, 1.807) is 54.6 Å². The first-order valence-electron chi connectivity index (χ1n) is 9.58. The van der Waals surface area contributed by atoms with E-state index in [1.807, 2.05) is 30.3 Å². The van der Waals surface area contributed by atoms with E-state index in [0.29, 0.717) is 17.9 Å². The maximum absolute atomic E-state index is 12.7. The van der Waals surface area contributed by atoms with Crippen molar-refractivity contribution < 1.29 is 18.0 Å². The van der Waals surface area contributed by atoms with Crippen molar-refractivity contribution in [3.63, 3.8) is 0 Å². The number of nitrogens with zero attached hydrogens (tertiary/aromatic N) is 1. The van der Waals surface area contributed by atoms with Gasteiger partial charge in [0.05, 0.1) is 23.2 Å². The van der Waals surface area contributed by atoms with Crippen LogP contribution in [0.4, 0.5) is 11.4 Å². The van der Waals surface area contributed by atoms with Gasteiger partial charge in [-0.2, -0.15) is 0 Å².